The fourth-order valence-corrected chi connectivity index (χ4v) is 2.82. The fourth-order valence-electron chi connectivity index (χ4n) is 1.63. The van der Waals surface area contributed by atoms with E-state index in [0.717, 1.165) is 0 Å². The first-order chi connectivity index (χ1) is 10.5. The monoisotopic (exact) mass is 450 g/mol. The molecule has 0 fully saturated rings. The highest BCUT2D eigenvalue weighted by Gasteiger charge is 2.34. The van der Waals surface area contributed by atoms with Crippen LogP contribution in [0.4, 0.5) is 0 Å². The van der Waals surface area contributed by atoms with E-state index in [1.54, 1.807) is 0 Å². The van der Waals surface area contributed by atoms with E-state index in [1.807, 2.05) is 24.3 Å². The molecule has 23 heavy (non-hydrogen) atoms. The van der Waals surface area contributed by atoms with Crippen LogP contribution in [0.1, 0.15) is 11.6 Å². The van der Waals surface area contributed by atoms with E-state index < -0.39 is 7.59 Å². The Hall–Kier alpha value is 0.320. The molecule has 1 aromatic heterocycles. The zero-order chi connectivity index (χ0) is 17.4. The summed E-state index contributed by atoms with van der Waals surface area (Å²) in [6, 6.07) is 7.68. The number of nitrogens with zero attached hydrogens (tertiary/aromatic N) is 3. The van der Waals surface area contributed by atoms with Crippen LogP contribution in [0.15, 0.2) is 29.2 Å². The van der Waals surface area contributed by atoms with Gasteiger partial charge in [0.1, 0.15) is 12.5 Å². The minimum atomic E-state index is -1.86. The van der Waals surface area contributed by atoms with Crippen molar-refractivity contribution < 1.29 is 0 Å². The van der Waals surface area contributed by atoms with Crippen molar-refractivity contribution in [3.63, 3.8) is 0 Å². The quantitative estimate of drug-likeness (QED) is 0.450. The first-order valence-corrected chi connectivity index (χ1v) is 10.4. The molecule has 0 saturated heterocycles. The van der Waals surface area contributed by atoms with Gasteiger partial charge in [-0.05, 0) is 24.3 Å². The standard InChI is InChI=1S/C13H10Cl6N3S/c1-23(2)8-5-3-7(4-6-8)9-20-10(12(14,15)16)22-11(21-9)13(17,18)19/h3-6H,1-2H3/q+1. The topological polar surface area (TPSA) is 38.7 Å². The van der Waals surface area contributed by atoms with E-state index in [1.165, 1.54) is 4.90 Å². The van der Waals surface area contributed by atoms with Crippen LogP contribution in [0.25, 0.3) is 11.4 Å². The Morgan fingerprint density at radius 3 is 1.52 bits per heavy atom. The maximum Gasteiger partial charge on any atom is 0.250 e. The molecular formula is C13H10Cl6N3S+. The van der Waals surface area contributed by atoms with Gasteiger partial charge >= 0.3 is 0 Å². The molecule has 0 saturated carbocycles. The molecule has 1 heterocycles. The number of rotatable bonds is 2. The molecule has 0 aliphatic carbocycles. The molecule has 1 aromatic carbocycles. The van der Waals surface area contributed by atoms with Crippen LogP contribution in [0, 0.1) is 0 Å². The van der Waals surface area contributed by atoms with Gasteiger partial charge in [-0.3, -0.25) is 0 Å². The number of alkyl halides is 6. The fraction of sp³-hybridized carbons (Fsp3) is 0.308. The van der Waals surface area contributed by atoms with Crippen LogP contribution < -0.4 is 0 Å². The predicted octanol–water partition coefficient (Wildman–Crippen LogP) is 5.43. The first kappa shape index (κ1) is 19.6. The molecule has 0 aliphatic heterocycles. The summed E-state index contributed by atoms with van der Waals surface area (Å²) in [4.78, 5) is 13.5. The highest BCUT2D eigenvalue weighted by Crippen LogP contribution is 2.40. The average Bonchev–Trinajstić information content (AvgIpc) is 2.45. The summed E-state index contributed by atoms with van der Waals surface area (Å²) in [6.07, 6.45) is 4.25. The normalized spacial score (nSPS) is 12.7. The van der Waals surface area contributed by atoms with E-state index in [4.69, 9.17) is 69.6 Å². The summed E-state index contributed by atoms with van der Waals surface area (Å²) < 4.78 is -3.72. The molecule has 0 atom stereocenters. The van der Waals surface area contributed by atoms with Crippen LogP contribution in [-0.4, -0.2) is 27.5 Å². The van der Waals surface area contributed by atoms with Gasteiger partial charge in [-0.1, -0.05) is 69.6 Å². The highest BCUT2D eigenvalue weighted by atomic mass is 35.6. The van der Waals surface area contributed by atoms with Gasteiger partial charge in [-0.2, -0.15) is 0 Å². The number of hydrogen-bond donors (Lipinski definition) is 0. The molecule has 124 valence electrons. The molecule has 0 bridgehead atoms. The second kappa shape index (κ2) is 7.28. The zero-order valence-corrected chi connectivity index (χ0v) is 17.2. The summed E-state index contributed by atoms with van der Waals surface area (Å²) in [5.74, 6) is 0.0496. The number of halogens is 6. The van der Waals surface area contributed by atoms with E-state index >= 15 is 0 Å². The molecule has 10 heteroatoms. The molecule has 0 amide bonds. The molecule has 0 spiro atoms. The second-order valence-corrected chi connectivity index (χ2v) is 11.3. The van der Waals surface area contributed by atoms with Crippen molar-refractivity contribution in [2.75, 3.05) is 12.5 Å². The van der Waals surface area contributed by atoms with Gasteiger partial charge in [0.05, 0.1) is 0 Å². The van der Waals surface area contributed by atoms with Crippen molar-refractivity contribution in [1.82, 2.24) is 15.0 Å². The van der Waals surface area contributed by atoms with Crippen LogP contribution in [-0.2, 0) is 18.5 Å². The third kappa shape index (κ3) is 5.15. The van der Waals surface area contributed by atoms with Crippen molar-refractivity contribution >= 4 is 80.5 Å². The SMILES string of the molecule is C[S+](C)c1ccc(-c2nc(C(Cl)(Cl)Cl)nc(C(Cl)(Cl)Cl)n2)cc1. The third-order valence-electron chi connectivity index (χ3n) is 2.73. The average molecular weight is 453 g/mol. The van der Waals surface area contributed by atoms with Crippen molar-refractivity contribution in [2.45, 2.75) is 12.5 Å². The number of hydrogen-bond acceptors (Lipinski definition) is 3. The van der Waals surface area contributed by atoms with E-state index in [0.29, 0.717) is 5.56 Å². The Balaban J connectivity index is 2.57. The van der Waals surface area contributed by atoms with Gasteiger partial charge in [0.2, 0.25) is 7.59 Å². The smallest absolute Gasteiger partial charge is 0.209 e. The van der Waals surface area contributed by atoms with Crippen molar-refractivity contribution in [2.24, 2.45) is 0 Å². The maximum atomic E-state index is 5.86. The molecule has 3 nitrogen and oxygen atoms in total. The largest absolute Gasteiger partial charge is 0.250 e. The Kier molecular flexibility index (Phi) is 6.22. The molecule has 0 radical (unpaired) electrons. The molecular weight excluding hydrogens is 443 g/mol. The summed E-state index contributed by atoms with van der Waals surface area (Å²) in [7, 11) is 0.140. The summed E-state index contributed by atoms with van der Waals surface area (Å²) in [5, 5.41) is 0. The van der Waals surface area contributed by atoms with Gasteiger partial charge in [-0.25, -0.2) is 15.0 Å². The van der Waals surface area contributed by atoms with Gasteiger partial charge in [0, 0.05) is 16.5 Å². The molecule has 0 N–H and O–H groups in total. The minimum absolute atomic E-state index is 0.108. The lowest BCUT2D eigenvalue weighted by Crippen LogP contribution is -2.16. The van der Waals surface area contributed by atoms with Crippen LogP contribution in [0.3, 0.4) is 0 Å². The summed E-state index contributed by atoms with van der Waals surface area (Å²) in [6.45, 7) is 0. The summed E-state index contributed by atoms with van der Waals surface area (Å²) >= 11 is 35.1. The molecule has 2 aromatic rings. The van der Waals surface area contributed by atoms with Gasteiger partial charge < -0.3 is 0 Å². The highest BCUT2D eigenvalue weighted by molar-refractivity contribution is 7.95. The van der Waals surface area contributed by atoms with Crippen LogP contribution >= 0.6 is 69.6 Å². The van der Waals surface area contributed by atoms with Crippen molar-refractivity contribution in [3.8, 4) is 11.4 Å². The predicted molar refractivity (Wildman–Crippen MR) is 101 cm³/mol. The van der Waals surface area contributed by atoms with Crippen molar-refractivity contribution in [3.05, 3.63) is 35.9 Å². The molecule has 0 unspecified atom stereocenters. The van der Waals surface area contributed by atoms with Gasteiger partial charge in [0.15, 0.2) is 22.4 Å². The number of benzene rings is 1. The Labute approximate surface area is 167 Å². The van der Waals surface area contributed by atoms with Crippen LogP contribution in [0.5, 0.6) is 0 Å². The molecule has 2 rings (SSSR count). The van der Waals surface area contributed by atoms with E-state index in [9.17, 15) is 0 Å². The lowest BCUT2D eigenvalue weighted by atomic mass is 10.2. The Bertz CT molecular complexity index is 662. The van der Waals surface area contributed by atoms with Crippen molar-refractivity contribution in [1.29, 1.82) is 0 Å². The summed E-state index contributed by atoms with van der Waals surface area (Å²) in [5.41, 5.74) is 0.701. The van der Waals surface area contributed by atoms with E-state index in [2.05, 4.69) is 27.5 Å². The Morgan fingerprint density at radius 1 is 0.739 bits per heavy atom. The number of aromatic nitrogens is 3. The van der Waals surface area contributed by atoms with Crippen LogP contribution in [0.2, 0.25) is 0 Å². The second-order valence-electron chi connectivity index (χ2n) is 4.64. The first-order valence-electron chi connectivity index (χ1n) is 6.07. The Morgan fingerprint density at radius 2 is 1.17 bits per heavy atom. The lowest BCUT2D eigenvalue weighted by Gasteiger charge is -2.15. The lowest BCUT2D eigenvalue weighted by molar-refractivity contribution is 0.851. The van der Waals surface area contributed by atoms with E-state index in [-0.39, 0.29) is 28.4 Å². The maximum absolute atomic E-state index is 5.86. The van der Waals surface area contributed by atoms with Gasteiger partial charge in [-0.15, -0.1) is 0 Å². The minimum Gasteiger partial charge on any atom is -0.209 e. The molecule has 0 aliphatic rings. The van der Waals surface area contributed by atoms with Gasteiger partial charge in [0.25, 0.3) is 0 Å². The third-order valence-corrected chi connectivity index (χ3v) is 4.96. The zero-order valence-electron chi connectivity index (χ0n) is 11.8.